The molecule has 21 heavy (non-hydrogen) atoms. The third kappa shape index (κ3) is 5.72. The zero-order valence-corrected chi connectivity index (χ0v) is 14.9. The van der Waals surface area contributed by atoms with Crippen LogP contribution in [0.1, 0.15) is 69.6 Å². The van der Waals surface area contributed by atoms with Gasteiger partial charge in [0.05, 0.1) is 12.7 Å². The van der Waals surface area contributed by atoms with Gasteiger partial charge in [0, 0.05) is 21.8 Å². The van der Waals surface area contributed by atoms with Gasteiger partial charge in [-0.15, -0.1) is 11.3 Å². The molecule has 2 unspecified atom stereocenters. The van der Waals surface area contributed by atoms with Crippen LogP contribution in [0.2, 0.25) is 0 Å². The third-order valence-electron chi connectivity index (χ3n) is 4.31. The average Bonchev–Trinajstić information content (AvgIpc) is 2.90. The molecule has 1 aromatic rings. The van der Waals surface area contributed by atoms with Gasteiger partial charge in [-0.05, 0) is 51.7 Å². The smallest absolute Gasteiger partial charge is 0.0813 e. The second-order valence-corrected chi connectivity index (χ2v) is 8.53. The molecule has 3 heteroatoms. The summed E-state index contributed by atoms with van der Waals surface area (Å²) in [6.07, 6.45) is 7.08. The van der Waals surface area contributed by atoms with Crippen molar-refractivity contribution in [2.45, 2.75) is 84.6 Å². The highest BCUT2D eigenvalue weighted by atomic mass is 32.1. The van der Waals surface area contributed by atoms with Gasteiger partial charge in [0.25, 0.3) is 0 Å². The van der Waals surface area contributed by atoms with Crippen LogP contribution < -0.4 is 5.32 Å². The number of ether oxygens (including phenoxy) is 1. The fraction of sp³-hybridized carbons (Fsp3) is 0.778. The van der Waals surface area contributed by atoms with E-state index in [1.165, 1.54) is 41.9 Å². The van der Waals surface area contributed by atoms with Crippen LogP contribution >= 0.6 is 11.3 Å². The Bertz CT molecular complexity index is 421. The normalized spacial score (nSPS) is 23.4. The van der Waals surface area contributed by atoms with Crippen molar-refractivity contribution in [3.63, 3.8) is 0 Å². The van der Waals surface area contributed by atoms with Crippen molar-refractivity contribution in [1.29, 1.82) is 0 Å². The fourth-order valence-electron chi connectivity index (χ4n) is 3.00. The summed E-state index contributed by atoms with van der Waals surface area (Å²) in [5.41, 5.74) is 0.178. The van der Waals surface area contributed by atoms with E-state index in [1.54, 1.807) is 0 Å². The molecule has 2 rings (SSSR count). The van der Waals surface area contributed by atoms with Gasteiger partial charge < -0.3 is 10.1 Å². The number of thiophene rings is 1. The lowest BCUT2D eigenvalue weighted by atomic mass is 9.85. The Kier molecular flexibility index (Phi) is 6.27. The summed E-state index contributed by atoms with van der Waals surface area (Å²) in [4.78, 5) is 2.76. The molecule has 0 saturated heterocycles. The van der Waals surface area contributed by atoms with Gasteiger partial charge in [0.15, 0.2) is 0 Å². The van der Waals surface area contributed by atoms with Crippen molar-refractivity contribution in [1.82, 2.24) is 5.32 Å². The van der Waals surface area contributed by atoms with Gasteiger partial charge in [-0.2, -0.15) is 0 Å². The van der Waals surface area contributed by atoms with Crippen LogP contribution in [-0.4, -0.2) is 11.6 Å². The molecule has 2 atom stereocenters. The average molecular weight is 310 g/mol. The van der Waals surface area contributed by atoms with E-state index in [-0.39, 0.29) is 5.54 Å². The molecule has 1 N–H and O–H groups in total. The van der Waals surface area contributed by atoms with Gasteiger partial charge in [-0.1, -0.05) is 26.2 Å². The quantitative estimate of drug-likeness (QED) is 0.787. The monoisotopic (exact) mass is 309 g/mol. The van der Waals surface area contributed by atoms with Crippen LogP contribution in [-0.2, 0) is 17.9 Å². The molecular formula is C18H31NOS. The number of rotatable bonds is 6. The van der Waals surface area contributed by atoms with Crippen LogP contribution in [0.5, 0.6) is 0 Å². The molecule has 1 aliphatic carbocycles. The van der Waals surface area contributed by atoms with Crippen LogP contribution in [0.3, 0.4) is 0 Å². The van der Waals surface area contributed by atoms with Crippen molar-refractivity contribution in [3.05, 3.63) is 21.9 Å². The van der Waals surface area contributed by atoms with E-state index < -0.39 is 0 Å². The molecule has 1 aromatic heterocycles. The number of hydrogen-bond acceptors (Lipinski definition) is 3. The molecule has 120 valence electrons. The lowest BCUT2D eigenvalue weighted by Gasteiger charge is -2.30. The van der Waals surface area contributed by atoms with Gasteiger partial charge in [-0.3, -0.25) is 0 Å². The fourth-order valence-corrected chi connectivity index (χ4v) is 3.88. The van der Waals surface area contributed by atoms with E-state index in [4.69, 9.17) is 4.74 Å². The first-order valence-corrected chi connectivity index (χ1v) is 9.24. The molecule has 1 fully saturated rings. The van der Waals surface area contributed by atoms with E-state index in [1.807, 2.05) is 11.3 Å². The molecule has 1 heterocycles. The first-order chi connectivity index (χ1) is 9.98. The predicted octanol–water partition coefficient (Wildman–Crippen LogP) is 5.12. The third-order valence-corrected chi connectivity index (χ3v) is 5.37. The number of nitrogens with one attached hydrogen (secondary N) is 1. The Balaban J connectivity index is 1.79. The Morgan fingerprint density at radius 1 is 1.19 bits per heavy atom. The van der Waals surface area contributed by atoms with E-state index in [9.17, 15) is 0 Å². The van der Waals surface area contributed by atoms with Crippen molar-refractivity contribution in [2.24, 2.45) is 5.92 Å². The minimum atomic E-state index is 0.178. The van der Waals surface area contributed by atoms with Crippen LogP contribution in [0.4, 0.5) is 0 Å². The Morgan fingerprint density at radius 3 is 2.62 bits per heavy atom. The molecule has 1 saturated carbocycles. The van der Waals surface area contributed by atoms with Crippen molar-refractivity contribution >= 4 is 11.3 Å². The van der Waals surface area contributed by atoms with Crippen molar-refractivity contribution < 1.29 is 4.74 Å². The summed E-state index contributed by atoms with van der Waals surface area (Å²) in [5, 5.41) is 3.54. The highest BCUT2D eigenvalue weighted by Gasteiger charge is 2.24. The minimum Gasteiger partial charge on any atom is -0.372 e. The largest absolute Gasteiger partial charge is 0.372 e. The molecule has 2 nitrogen and oxygen atoms in total. The van der Waals surface area contributed by atoms with Gasteiger partial charge in [-0.25, -0.2) is 0 Å². The SMILES string of the molecule is CCC1CCCCC1OCc1ccc(CNC(C)(C)C)s1. The van der Waals surface area contributed by atoms with Crippen molar-refractivity contribution in [2.75, 3.05) is 0 Å². The minimum absolute atomic E-state index is 0.178. The Labute approximate surface area is 134 Å². The highest BCUT2D eigenvalue weighted by molar-refractivity contribution is 7.11. The highest BCUT2D eigenvalue weighted by Crippen LogP contribution is 2.30. The zero-order chi connectivity index (χ0) is 15.3. The zero-order valence-electron chi connectivity index (χ0n) is 14.1. The molecule has 0 spiro atoms. The van der Waals surface area contributed by atoms with E-state index in [0.717, 1.165) is 19.1 Å². The van der Waals surface area contributed by atoms with Crippen LogP contribution in [0.25, 0.3) is 0 Å². The lowest BCUT2D eigenvalue weighted by molar-refractivity contribution is -0.0211. The summed E-state index contributed by atoms with van der Waals surface area (Å²) < 4.78 is 6.22. The Hall–Kier alpha value is -0.380. The first-order valence-electron chi connectivity index (χ1n) is 8.42. The molecule has 0 amide bonds. The van der Waals surface area contributed by atoms with E-state index in [0.29, 0.717) is 6.10 Å². The van der Waals surface area contributed by atoms with E-state index >= 15 is 0 Å². The van der Waals surface area contributed by atoms with Crippen LogP contribution in [0, 0.1) is 5.92 Å². The summed E-state index contributed by atoms with van der Waals surface area (Å²) >= 11 is 1.88. The molecular weight excluding hydrogens is 278 g/mol. The van der Waals surface area contributed by atoms with Gasteiger partial charge in [0.2, 0.25) is 0 Å². The summed E-state index contributed by atoms with van der Waals surface area (Å²) in [6.45, 7) is 10.7. The molecule has 1 aliphatic rings. The molecule has 0 aromatic carbocycles. The Morgan fingerprint density at radius 2 is 1.90 bits per heavy atom. The first kappa shape index (κ1) is 17.0. The molecule has 0 radical (unpaired) electrons. The standard InChI is InChI=1S/C18H31NOS/c1-5-14-8-6-7-9-17(14)20-13-16-11-10-15(21-16)12-19-18(2,3)4/h10-11,14,17,19H,5-9,12-13H2,1-4H3. The summed E-state index contributed by atoms with van der Waals surface area (Å²) in [5.74, 6) is 0.778. The van der Waals surface area contributed by atoms with Crippen molar-refractivity contribution in [3.8, 4) is 0 Å². The maximum Gasteiger partial charge on any atom is 0.0813 e. The number of hydrogen-bond donors (Lipinski definition) is 1. The second-order valence-electron chi connectivity index (χ2n) is 7.27. The predicted molar refractivity (Wildman–Crippen MR) is 91.7 cm³/mol. The van der Waals surface area contributed by atoms with E-state index in [2.05, 4.69) is 45.1 Å². The van der Waals surface area contributed by atoms with Gasteiger partial charge in [0.1, 0.15) is 0 Å². The molecule has 0 aliphatic heterocycles. The lowest BCUT2D eigenvalue weighted by Crippen LogP contribution is -2.34. The summed E-state index contributed by atoms with van der Waals surface area (Å²) in [6, 6.07) is 4.47. The summed E-state index contributed by atoms with van der Waals surface area (Å²) in [7, 11) is 0. The second kappa shape index (κ2) is 7.75. The topological polar surface area (TPSA) is 21.3 Å². The van der Waals surface area contributed by atoms with Gasteiger partial charge >= 0.3 is 0 Å². The molecule has 0 bridgehead atoms. The van der Waals surface area contributed by atoms with Crippen LogP contribution in [0.15, 0.2) is 12.1 Å². The maximum absolute atomic E-state index is 6.22. The maximum atomic E-state index is 6.22.